The highest BCUT2D eigenvalue weighted by Gasteiger charge is 2.13. The Balaban J connectivity index is 1.45. The van der Waals surface area contributed by atoms with Crippen LogP contribution in [-0.2, 0) is 16.1 Å². The summed E-state index contributed by atoms with van der Waals surface area (Å²) < 4.78 is 20.6. The number of hydrogen-bond donors (Lipinski definition) is 2. The maximum atomic E-state index is 12.4. The molecule has 0 aliphatic rings. The Morgan fingerprint density at radius 1 is 0.714 bits per heavy atom. The van der Waals surface area contributed by atoms with Crippen LogP contribution in [0.1, 0.15) is 26.3 Å². The molecule has 2 N–H and O–H groups in total. The Kier molecular flexibility index (Phi) is 8.66. The van der Waals surface area contributed by atoms with Gasteiger partial charge in [0.25, 0.3) is 11.8 Å². The fraction of sp³-hybridized carbons (Fsp3) is 0.192. The summed E-state index contributed by atoms with van der Waals surface area (Å²) in [6.45, 7) is -0.291. The van der Waals surface area contributed by atoms with Gasteiger partial charge in [-0.05, 0) is 60.2 Å². The largest absolute Gasteiger partial charge is 0.497 e. The molecule has 35 heavy (non-hydrogen) atoms. The van der Waals surface area contributed by atoms with E-state index in [0.717, 1.165) is 0 Å². The molecule has 3 aromatic carbocycles. The summed E-state index contributed by atoms with van der Waals surface area (Å²) in [6.07, 6.45) is 0. The molecule has 0 radical (unpaired) electrons. The molecular formula is C26H26N2O7. The molecule has 3 rings (SSSR count). The number of esters is 1. The van der Waals surface area contributed by atoms with Gasteiger partial charge in [0.05, 0.1) is 21.3 Å². The number of benzene rings is 3. The van der Waals surface area contributed by atoms with Gasteiger partial charge in [-0.3, -0.25) is 14.4 Å². The Labute approximate surface area is 203 Å². The number of hydrogen-bond acceptors (Lipinski definition) is 7. The number of carbonyl (C=O) groups is 3. The van der Waals surface area contributed by atoms with Crippen LogP contribution in [0, 0.1) is 0 Å². The van der Waals surface area contributed by atoms with Crippen molar-refractivity contribution in [1.29, 1.82) is 0 Å². The fourth-order valence-corrected chi connectivity index (χ4v) is 3.08. The normalized spacial score (nSPS) is 10.1. The summed E-state index contributed by atoms with van der Waals surface area (Å²) in [4.78, 5) is 36.7. The molecule has 9 heteroatoms. The number of ether oxygens (including phenoxy) is 4. The Hall–Kier alpha value is -4.53. The number of carbonyl (C=O) groups excluding carboxylic acids is 3. The van der Waals surface area contributed by atoms with E-state index < -0.39 is 11.9 Å². The van der Waals surface area contributed by atoms with Gasteiger partial charge in [-0.2, -0.15) is 0 Å². The van der Waals surface area contributed by atoms with E-state index in [2.05, 4.69) is 10.6 Å². The summed E-state index contributed by atoms with van der Waals surface area (Å²) in [6, 6.07) is 18.3. The van der Waals surface area contributed by atoms with Crippen molar-refractivity contribution in [2.24, 2.45) is 0 Å². The maximum absolute atomic E-state index is 12.4. The van der Waals surface area contributed by atoms with Crippen molar-refractivity contribution in [2.45, 2.75) is 6.61 Å². The lowest BCUT2D eigenvalue weighted by Crippen LogP contribution is -2.30. The Morgan fingerprint density at radius 3 is 2.00 bits per heavy atom. The minimum Gasteiger partial charge on any atom is -0.497 e. The molecule has 0 atom stereocenters. The van der Waals surface area contributed by atoms with Crippen LogP contribution in [0.2, 0.25) is 0 Å². The summed E-state index contributed by atoms with van der Waals surface area (Å²) in [5.41, 5.74) is 2.12. The summed E-state index contributed by atoms with van der Waals surface area (Å²) >= 11 is 0. The number of rotatable bonds is 10. The molecular weight excluding hydrogens is 452 g/mol. The minimum absolute atomic E-state index is 0.00540. The lowest BCUT2D eigenvalue weighted by Gasteiger charge is -2.10. The van der Waals surface area contributed by atoms with Crippen molar-refractivity contribution in [3.63, 3.8) is 0 Å². The summed E-state index contributed by atoms with van der Waals surface area (Å²) in [5, 5.41) is 5.31. The molecule has 9 nitrogen and oxygen atoms in total. The van der Waals surface area contributed by atoms with Crippen molar-refractivity contribution in [3.8, 4) is 17.2 Å². The average Bonchev–Trinajstić information content (AvgIpc) is 2.90. The van der Waals surface area contributed by atoms with Crippen LogP contribution in [0.3, 0.4) is 0 Å². The number of amides is 2. The third-order valence-electron chi connectivity index (χ3n) is 5.00. The fourth-order valence-electron chi connectivity index (χ4n) is 3.08. The monoisotopic (exact) mass is 478 g/mol. The van der Waals surface area contributed by atoms with Gasteiger partial charge in [-0.15, -0.1) is 0 Å². The second-order valence-electron chi connectivity index (χ2n) is 7.29. The third-order valence-corrected chi connectivity index (χ3v) is 5.00. The van der Waals surface area contributed by atoms with Gasteiger partial charge in [0.2, 0.25) is 0 Å². The smallest absolute Gasteiger partial charge is 0.325 e. The van der Waals surface area contributed by atoms with Crippen LogP contribution in [0.4, 0.5) is 5.69 Å². The van der Waals surface area contributed by atoms with Gasteiger partial charge in [-0.1, -0.05) is 12.1 Å². The lowest BCUT2D eigenvalue weighted by molar-refractivity contribution is -0.143. The summed E-state index contributed by atoms with van der Waals surface area (Å²) in [7, 11) is 4.54. The SMILES string of the molecule is COc1ccc(NC(=O)c2ccc(COC(=O)CNC(=O)c3ccc(OC)c(OC)c3)cc2)cc1. The molecule has 0 fully saturated rings. The third kappa shape index (κ3) is 6.97. The van der Waals surface area contributed by atoms with E-state index in [0.29, 0.717) is 39.6 Å². The van der Waals surface area contributed by atoms with Crippen LogP contribution < -0.4 is 24.8 Å². The molecule has 182 valence electrons. The Morgan fingerprint density at radius 2 is 1.37 bits per heavy atom. The minimum atomic E-state index is -0.597. The van der Waals surface area contributed by atoms with Gasteiger partial charge in [0.1, 0.15) is 18.9 Å². The van der Waals surface area contributed by atoms with E-state index >= 15 is 0 Å². The number of nitrogens with one attached hydrogen (secondary N) is 2. The van der Waals surface area contributed by atoms with Crippen LogP contribution in [-0.4, -0.2) is 45.7 Å². The van der Waals surface area contributed by atoms with E-state index in [1.54, 1.807) is 67.8 Å². The van der Waals surface area contributed by atoms with Crippen LogP contribution in [0.15, 0.2) is 66.7 Å². The van der Waals surface area contributed by atoms with Crippen molar-refractivity contribution in [2.75, 3.05) is 33.2 Å². The zero-order chi connectivity index (χ0) is 25.2. The molecule has 0 heterocycles. The number of methoxy groups -OCH3 is 3. The highest BCUT2D eigenvalue weighted by Crippen LogP contribution is 2.27. The molecule has 0 aliphatic heterocycles. The van der Waals surface area contributed by atoms with E-state index in [1.165, 1.54) is 20.3 Å². The van der Waals surface area contributed by atoms with E-state index in [1.807, 2.05) is 0 Å². The predicted octanol–water partition coefficient (Wildman–Crippen LogP) is 3.44. The second kappa shape index (κ2) is 12.1. The van der Waals surface area contributed by atoms with Gasteiger partial charge in [-0.25, -0.2) is 0 Å². The van der Waals surface area contributed by atoms with Crippen molar-refractivity contribution >= 4 is 23.5 Å². The van der Waals surface area contributed by atoms with Crippen molar-refractivity contribution in [3.05, 3.63) is 83.4 Å². The van der Waals surface area contributed by atoms with Gasteiger partial charge < -0.3 is 29.6 Å². The van der Waals surface area contributed by atoms with Crippen molar-refractivity contribution < 1.29 is 33.3 Å². The van der Waals surface area contributed by atoms with Crippen LogP contribution >= 0.6 is 0 Å². The highest BCUT2D eigenvalue weighted by atomic mass is 16.5. The van der Waals surface area contributed by atoms with Crippen LogP contribution in [0.25, 0.3) is 0 Å². The van der Waals surface area contributed by atoms with E-state index in [-0.39, 0.29) is 19.1 Å². The molecule has 0 unspecified atom stereocenters. The summed E-state index contributed by atoms with van der Waals surface area (Å²) in [5.74, 6) is 0.283. The lowest BCUT2D eigenvalue weighted by atomic mass is 10.1. The molecule has 0 bridgehead atoms. The van der Waals surface area contributed by atoms with E-state index in [9.17, 15) is 14.4 Å². The standard InChI is InChI=1S/C26H26N2O7/c1-32-21-11-9-20(10-12-21)28-26(31)18-6-4-17(5-7-18)16-35-24(29)15-27-25(30)19-8-13-22(33-2)23(14-19)34-3/h4-14H,15-16H2,1-3H3,(H,27,30)(H,28,31). The molecule has 0 spiro atoms. The molecule has 3 aromatic rings. The first-order chi connectivity index (χ1) is 16.9. The topological polar surface area (TPSA) is 112 Å². The molecule has 0 aromatic heterocycles. The average molecular weight is 479 g/mol. The first-order valence-electron chi connectivity index (χ1n) is 10.6. The predicted molar refractivity (Wildman–Crippen MR) is 129 cm³/mol. The maximum Gasteiger partial charge on any atom is 0.325 e. The first-order valence-corrected chi connectivity index (χ1v) is 10.6. The molecule has 2 amide bonds. The molecule has 0 saturated heterocycles. The molecule has 0 aliphatic carbocycles. The van der Waals surface area contributed by atoms with E-state index in [4.69, 9.17) is 18.9 Å². The van der Waals surface area contributed by atoms with Gasteiger partial charge in [0.15, 0.2) is 11.5 Å². The quantitative estimate of drug-likeness (QED) is 0.429. The van der Waals surface area contributed by atoms with Gasteiger partial charge in [0, 0.05) is 16.8 Å². The highest BCUT2D eigenvalue weighted by molar-refractivity contribution is 6.04. The molecule has 0 saturated carbocycles. The number of anilines is 1. The zero-order valence-corrected chi connectivity index (χ0v) is 19.6. The van der Waals surface area contributed by atoms with Crippen molar-refractivity contribution in [1.82, 2.24) is 5.32 Å². The first kappa shape index (κ1) is 25.1. The second-order valence-corrected chi connectivity index (χ2v) is 7.29. The Bertz CT molecular complexity index is 1180. The zero-order valence-electron chi connectivity index (χ0n) is 19.6. The van der Waals surface area contributed by atoms with Crippen LogP contribution in [0.5, 0.6) is 17.2 Å². The van der Waals surface area contributed by atoms with Gasteiger partial charge >= 0.3 is 5.97 Å².